The van der Waals surface area contributed by atoms with Crippen molar-refractivity contribution in [2.24, 2.45) is 17.3 Å². The molecule has 1 aromatic rings. The maximum Gasteiger partial charge on any atom is 0.172 e. The van der Waals surface area contributed by atoms with Gasteiger partial charge in [0.15, 0.2) is 5.79 Å². The summed E-state index contributed by atoms with van der Waals surface area (Å²) in [4.78, 5) is 2.48. The molecule has 0 amide bonds. The van der Waals surface area contributed by atoms with Crippen LogP contribution in [0.3, 0.4) is 0 Å². The lowest BCUT2D eigenvalue weighted by Gasteiger charge is -2.53. The van der Waals surface area contributed by atoms with Gasteiger partial charge >= 0.3 is 0 Å². The average Bonchev–Trinajstić information content (AvgIpc) is 3.51. The van der Waals surface area contributed by atoms with E-state index in [-0.39, 0.29) is 23.4 Å². The molecular formula is C33H45NO4. The molecule has 2 N–H and O–H groups in total. The van der Waals surface area contributed by atoms with Crippen molar-refractivity contribution >= 4 is 5.69 Å². The summed E-state index contributed by atoms with van der Waals surface area (Å²) in [7, 11) is 2.25. The second kappa shape index (κ2) is 9.19. The minimum absolute atomic E-state index is 0.107. The monoisotopic (exact) mass is 519 g/mol. The lowest BCUT2D eigenvalue weighted by atomic mass is 9.53. The number of ether oxygens (including phenoxy) is 2. The van der Waals surface area contributed by atoms with Gasteiger partial charge in [0.2, 0.25) is 0 Å². The van der Waals surface area contributed by atoms with E-state index >= 15 is 0 Å². The minimum atomic E-state index is -1.02. The van der Waals surface area contributed by atoms with Crippen molar-refractivity contribution in [3.05, 3.63) is 53.1 Å². The summed E-state index contributed by atoms with van der Waals surface area (Å²) >= 11 is 0. The number of fused-ring (bicyclic) bond motifs is 4. The van der Waals surface area contributed by atoms with Gasteiger partial charge in [0.25, 0.3) is 0 Å². The number of benzene rings is 1. The zero-order valence-corrected chi connectivity index (χ0v) is 23.2. The molecule has 1 saturated heterocycles. The second-order valence-electron chi connectivity index (χ2n) is 13.5. The predicted octanol–water partition coefficient (Wildman–Crippen LogP) is 5.86. The van der Waals surface area contributed by atoms with Crippen LogP contribution in [-0.4, -0.2) is 54.0 Å². The molecule has 5 fully saturated rings. The standard InChI is InChI=1S/C33H45NO4/c1-31-20-26(22-8-10-24(11-9-22)34(2)23-6-4-3-5-7-23)30-25(27(31)12-13-29(31)35)14-16-32(36)21-33(17-15-28(30)32)37-18-19-38-33/h8-11,14,16,23,25-27,29,35-36H,3-7,12-13,15,17-21H2,1-2H3/t25?,26?,27?,29?,31?,32-/m1/s1. The Bertz CT molecular complexity index is 1110. The Labute approximate surface area is 227 Å². The summed E-state index contributed by atoms with van der Waals surface area (Å²) in [5.74, 6) is 0.247. The van der Waals surface area contributed by atoms with Crippen molar-refractivity contribution in [3.8, 4) is 0 Å². The van der Waals surface area contributed by atoms with Crippen molar-refractivity contribution in [1.82, 2.24) is 0 Å². The first-order valence-corrected chi connectivity index (χ1v) is 15.3. The normalized spacial score (nSPS) is 40.2. The fourth-order valence-electron chi connectivity index (χ4n) is 9.39. The molecule has 0 radical (unpaired) electrons. The first-order chi connectivity index (χ1) is 18.3. The highest BCUT2D eigenvalue weighted by molar-refractivity contribution is 5.52. The summed E-state index contributed by atoms with van der Waals surface area (Å²) in [6, 6.07) is 9.93. The lowest BCUT2D eigenvalue weighted by molar-refractivity contribution is -0.198. The van der Waals surface area contributed by atoms with Gasteiger partial charge in [-0.15, -0.1) is 0 Å². The minimum Gasteiger partial charge on any atom is -0.393 e. The van der Waals surface area contributed by atoms with Crippen LogP contribution in [0.15, 0.2) is 47.6 Å². The van der Waals surface area contributed by atoms with Gasteiger partial charge in [-0.05, 0) is 73.1 Å². The van der Waals surface area contributed by atoms with Gasteiger partial charge in [-0.25, -0.2) is 0 Å². The van der Waals surface area contributed by atoms with E-state index in [0.29, 0.717) is 31.6 Å². The molecule has 6 atom stereocenters. The van der Waals surface area contributed by atoms with E-state index in [1.807, 2.05) is 0 Å². The molecule has 1 heterocycles. The van der Waals surface area contributed by atoms with Crippen LogP contribution in [0, 0.1) is 17.3 Å². The first-order valence-electron chi connectivity index (χ1n) is 15.3. The molecule has 6 aliphatic rings. The third-order valence-corrected chi connectivity index (χ3v) is 11.6. The van der Waals surface area contributed by atoms with Crippen LogP contribution < -0.4 is 4.90 Å². The Morgan fingerprint density at radius 2 is 1.71 bits per heavy atom. The first kappa shape index (κ1) is 25.3. The summed E-state index contributed by atoms with van der Waals surface area (Å²) in [5.41, 5.74) is 4.12. The van der Waals surface area contributed by atoms with Gasteiger partial charge < -0.3 is 24.6 Å². The van der Waals surface area contributed by atoms with Gasteiger partial charge in [-0.2, -0.15) is 0 Å². The highest BCUT2D eigenvalue weighted by atomic mass is 16.7. The molecule has 5 unspecified atom stereocenters. The fraction of sp³-hybridized carbons (Fsp3) is 0.697. The highest BCUT2D eigenvalue weighted by Gasteiger charge is 2.59. The van der Waals surface area contributed by atoms with Crippen LogP contribution in [0.1, 0.15) is 89.0 Å². The third kappa shape index (κ3) is 3.87. The number of aliphatic hydroxyl groups excluding tert-OH is 1. The number of hydrogen-bond donors (Lipinski definition) is 2. The number of hydrogen-bond acceptors (Lipinski definition) is 5. The SMILES string of the molecule is CN(c1ccc(C2CC3(C)C(O)CCC3C3C=C[C@@]4(O)CC5(CCC4=C23)OCCO5)cc1)C1CCCCC1. The van der Waals surface area contributed by atoms with Crippen molar-refractivity contribution in [3.63, 3.8) is 0 Å². The maximum atomic E-state index is 12.1. The molecule has 5 nitrogen and oxygen atoms in total. The maximum absolute atomic E-state index is 12.1. The Hall–Kier alpha value is -1.66. The van der Waals surface area contributed by atoms with E-state index in [1.54, 1.807) is 0 Å². The van der Waals surface area contributed by atoms with Gasteiger partial charge in [0, 0.05) is 43.5 Å². The van der Waals surface area contributed by atoms with E-state index in [0.717, 1.165) is 32.1 Å². The second-order valence-corrected chi connectivity index (χ2v) is 13.5. The van der Waals surface area contributed by atoms with Crippen molar-refractivity contribution < 1.29 is 19.7 Å². The quantitative estimate of drug-likeness (QED) is 0.490. The molecule has 5 aliphatic carbocycles. The Kier molecular flexibility index (Phi) is 6.12. The molecule has 38 heavy (non-hydrogen) atoms. The van der Waals surface area contributed by atoms with Crippen LogP contribution in [0.4, 0.5) is 5.69 Å². The van der Waals surface area contributed by atoms with Crippen molar-refractivity contribution in [2.75, 3.05) is 25.2 Å². The van der Waals surface area contributed by atoms with Crippen molar-refractivity contribution in [1.29, 1.82) is 0 Å². The van der Waals surface area contributed by atoms with E-state index in [9.17, 15) is 10.2 Å². The molecule has 7 rings (SSSR count). The summed E-state index contributed by atoms with van der Waals surface area (Å²) in [6.07, 6.45) is 15.6. The van der Waals surface area contributed by atoms with Gasteiger partial charge in [0.1, 0.15) is 5.60 Å². The Morgan fingerprint density at radius 3 is 2.45 bits per heavy atom. The average molecular weight is 520 g/mol. The van der Waals surface area contributed by atoms with Crippen LogP contribution >= 0.6 is 0 Å². The fourth-order valence-corrected chi connectivity index (χ4v) is 9.39. The Morgan fingerprint density at radius 1 is 0.974 bits per heavy atom. The molecule has 4 saturated carbocycles. The summed E-state index contributed by atoms with van der Waals surface area (Å²) < 4.78 is 12.1. The highest BCUT2D eigenvalue weighted by Crippen LogP contribution is 2.64. The number of allylic oxidation sites excluding steroid dienone is 2. The zero-order chi connectivity index (χ0) is 26.1. The predicted molar refractivity (Wildman–Crippen MR) is 149 cm³/mol. The van der Waals surface area contributed by atoms with Crippen LogP contribution in [-0.2, 0) is 9.47 Å². The topological polar surface area (TPSA) is 62.2 Å². The number of nitrogens with zero attached hydrogens (tertiary/aromatic N) is 1. The summed E-state index contributed by atoms with van der Waals surface area (Å²) in [5, 5.41) is 23.3. The van der Waals surface area contributed by atoms with E-state index in [4.69, 9.17) is 9.47 Å². The number of anilines is 1. The number of rotatable bonds is 3. The Balaban J connectivity index is 1.26. The third-order valence-electron chi connectivity index (χ3n) is 11.6. The van der Waals surface area contributed by atoms with Crippen molar-refractivity contribution in [2.45, 2.75) is 107 Å². The molecule has 1 aliphatic heterocycles. The van der Waals surface area contributed by atoms with Crippen LogP contribution in [0.2, 0.25) is 0 Å². The molecular weight excluding hydrogens is 474 g/mol. The van der Waals surface area contributed by atoms with Gasteiger partial charge in [-0.1, -0.05) is 56.0 Å². The molecule has 206 valence electrons. The largest absolute Gasteiger partial charge is 0.393 e. The molecule has 1 aromatic carbocycles. The molecule has 0 aromatic heterocycles. The molecule has 1 spiro atoms. The smallest absolute Gasteiger partial charge is 0.172 e. The summed E-state index contributed by atoms with van der Waals surface area (Å²) in [6.45, 7) is 3.54. The van der Waals surface area contributed by atoms with Gasteiger partial charge in [0.05, 0.1) is 19.3 Å². The van der Waals surface area contributed by atoms with Gasteiger partial charge in [-0.3, -0.25) is 0 Å². The molecule has 5 heteroatoms. The van der Waals surface area contributed by atoms with E-state index in [1.165, 1.54) is 54.5 Å². The van der Waals surface area contributed by atoms with Crippen LogP contribution in [0.5, 0.6) is 0 Å². The van der Waals surface area contributed by atoms with Crippen LogP contribution in [0.25, 0.3) is 0 Å². The lowest BCUT2D eigenvalue weighted by Crippen LogP contribution is -2.51. The number of aliphatic hydroxyl groups is 2. The van der Waals surface area contributed by atoms with E-state index < -0.39 is 11.4 Å². The zero-order valence-electron chi connectivity index (χ0n) is 23.2. The molecule has 0 bridgehead atoms. The van der Waals surface area contributed by atoms with E-state index in [2.05, 4.69) is 55.3 Å².